The molecule has 0 heterocycles. The van der Waals surface area contributed by atoms with E-state index in [9.17, 15) is 4.39 Å². The molecule has 0 aromatic heterocycles. The highest BCUT2D eigenvalue weighted by molar-refractivity contribution is 5.65. The minimum absolute atomic E-state index is 0.0862. The lowest BCUT2D eigenvalue weighted by molar-refractivity contribution is 0.293. The molecule has 3 rings (SSSR count). The van der Waals surface area contributed by atoms with Crippen molar-refractivity contribution in [2.24, 2.45) is 11.8 Å². The normalized spacial score (nSPS) is 18.0. The maximum Gasteiger partial charge on any atom is 0.127 e. The summed E-state index contributed by atoms with van der Waals surface area (Å²) >= 11 is 0. The molecule has 0 spiro atoms. The summed E-state index contributed by atoms with van der Waals surface area (Å²) in [5, 5.41) is 0. The van der Waals surface area contributed by atoms with Crippen LogP contribution < -0.4 is 0 Å². The van der Waals surface area contributed by atoms with Crippen LogP contribution in [0.2, 0.25) is 0 Å². The largest absolute Gasteiger partial charge is 0.207 e. The van der Waals surface area contributed by atoms with Crippen molar-refractivity contribution in [3.05, 3.63) is 59.4 Å². The minimum Gasteiger partial charge on any atom is -0.207 e. The Morgan fingerprint density at radius 1 is 0.758 bits per heavy atom. The summed E-state index contributed by atoms with van der Waals surface area (Å²) < 4.78 is 14.4. The molecule has 0 unspecified atom stereocenters. The number of unbranched alkanes of at least 4 members (excludes halogenated alkanes) is 6. The van der Waals surface area contributed by atoms with E-state index >= 15 is 0 Å². The summed E-state index contributed by atoms with van der Waals surface area (Å²) in [5.41, 5.74) is 3.88. The SMILES string of the molecule is CCCCCCCC[C@H]1CC[C@H](C#Cc2ccc(-c3ccc(CCCC)c(F)c3)cc2)CC1. The van der Waals surface area contributed by atoms with Crippen LogP contribution in [0.15, 0.2) is 42.5 Å². The first-order valence-electron chi connectivity index (χ1n) is 13.6. The number of rotatable bonds is 11. The first-order chi connectivity index (χ1) is 16.2. The summed E-state index contributed by atoms with van der Waals surface area (Å²) in [5.74, 6) is 8.33. The van der Waals surface area contributed by atoms with E-state index in [1.807, 2.05) is 12.1 Å². The second-order valence-electron chi connectivity index (χ2n) is 10.0. The lowest BCUT2D eigenvalue weighted by atomic mass is 9.80. The lowest BCUT2D eigenvalue weighted by Crippen LogP contribution is -2.13. The molecule has 33 heavy (non-hydrogen) atoms. The quantitative estimate of drug-likeness (QED) is 0.238. The van der Waals surface area contributed by atoms with Crippen LogP contribution in [0.5, 0.6) is 0 Å². The van der Waals surface area contributed by atoms with E-state index in [0.29, 0.717) is 5.92 Å². The van der Waals surface area contributed by atoms with Gasteiger partial charge in [0.15, 0.2) is 0 Å². The van der Waals surface area contributed by atoms with Gasteiger partial charge in [-0.05, 0) is 79.3 Å². The van der Waals surface area contributed by atoms with E-state index in [1.54, 1.807) is 6.07 Å². The van der Waals surface area contributed by atoms with E-state index in [1.165, 1.54) is 70.6 Å². The molecule has 0 amide bonds. The maximum absolute atomic E-state index is 14.4. The number of hydrogen-bond acceptors (Lipinski definition) is 0. The molecular weight excluding hydrogens is 403 g/mol. The number of aryl methyl sites for hydroxylation is 1. The third-order valence-electron chi connectivity index (χ3n) is 7.30. The Bertz CT molecular complexity index is 875. The van der Waals surface area contributed by atoms with Crippen LogP contribution >= 0.6 is 0 Å². The smallest absolute Gasteiger partial charge is 0.127 e. The number of halogens is 1. The van der Waals surface area contributed by atoms with Crippen molar-refractivity contribution in [3.8, 4) is 23.0 Å². The fourth-order valence-corrected chi connectivity index (χ4v) is 5.04. The van der Waals surface area contributed by atoms with Gasteiger partial charge in [0.25, 0.3) is 0 Å². The lowest BCUT2D eigenvalue weighted by Gasteiger charge is -2.25. The first kappa shape index (κ1) is 25.6. The number of benzene rings is 2. The zero-order valence-electron chi connectivity index (χ0n) is 21.0. The molecule has 0 aliphatic heterocycles. The molecule has 1 saturated carbocycles. The third-order valence-corrected chi connectivity index (χ3v) is 7.30. The average molecular weight is 447 g/mol. The van der Waals surface area contributed by atoms with Gasteiger partial charge in [0, 0.05) is 11.5 Å². The van der Waals surface area contributed by atoms with Gasteiger partial charge in [-0.25, -0.2) is 4.39 Å². The van der Waals surface area contributed by atoms with E-state index in [4.69, 9.17) is 0 Å². The van der Waals surface area contributed by atoms with Gasteiger partial charge in [-0.1, -0.05) is 101 Å². The Hall–Kier alpha value is -2.07. The highest BCUT2D eigenvalue weighted by atomic mass is 19.1. The Labute approximate surface area is 202 Å². The van der Waals surface area contributed by atoms with Gasteiger partial charge in [0.05, 0.1) is 0 Å². The highest BCUT2D eigenvalue weighted by Crippen LogP contribution is 2.32. The molecule has 1 heteroatoms. The van der Waals surface area contributed by atoms with Crippen LogP contribution in [-0.2, 0) is 6.42 Å². The molecule has 1 fully saturated rings. The van der Waals surface area contributed by atoms with E-state index in [0.717, 1.165) is 47.4 Å². The zero-order valence-corrected chi connectivity index (χ0v) is 21.0. The molecule has 0 N–H and O–H groups in total. The molecule has 0 radical (unpaired) electrons. The topological polar surface area (TPSA) is 0 Å². The van der Waals surface area contributed by atoms with Crippen molar-refractivity contribution in [1.82, 2.24) is 0 Å². The Morgan fingerprint density at radius 2 is 1.42 bits per heavy atom. The summed E-state index contributed by atoms with van der Waals surface area (Å²) in [6, 6.07) is 14.0. The molecule has 2 aromatic carbocycles. The number of hydrogen-bond donors (Lipinski definition) is 0. The molecule has 2 aromatic rings. The van der Waals surface area contributed by atoms with Crippen molar-refractivity contribution < 1.29 is 4.39 Å². The molecule has 0 saturated heterocycles. The second-order valence-corrected chi connectivity index (χ2v) is 10.0. The van der Waals surface area contributed by atoms with E-state index < -0.39 is 0 Å². The predicted molar refractivity (Wildman–Crippen MR) is 141 cm³/mol. The molecular formula is C32H43F. The first-order valence-corrected chi connectivity index (χ1v) is 13.6. The molecule has 0 nitrogen and oxygen atoms in total. The van der Waals surface area contributed by atoms with Crippen molar-refractivity contribution in [2.45, 2.75) is 104 Å². The molecule has 1 aliphatic carbocycles. The summed E-state index contributed by atoms with van der Waals surface area (Å²) in [6.07, 6.45) is 18.0. The molecule has 178 valence electrons. The van der Waals surface area contributed by atoms with Crippen LogP contribution in [0, 0.1) is 29.5 Å². The summed E-state index contributed by atoms with van der Waals surface area (Å²) in [4.78, 5) is 0. The van der Waals surface area contributed by atoms with Crippen molar-refractivity contribution >= 4 is 0 Å². The van der Waals surface area contributed by atoms with Gasteiger partial charge in [-0.15, -0.1) is 0 Å². The van der Waals surface area contributed by atoms with Gasteiger partial charge in [0.2, 0.25) is 0 Å². The Balaban J connectivity index is 1.44. The third kappa shape index (κ3) is 8.66. The van der Waals surface area contributed by atoms with Gasteiger partial charge in [-0.2, -0.15) is 0 Å². The van der Waals surface area contributed by atoms with Crippen molar-refractivity contribution in [1.29, 1.82) is 0 Å². The van der Waals surface area contributed by atoms with Gasteiger partial charge >= 0.3 is 0 Å². The van der Waals surface area contributed by atoms with Crippen LogP contribution in [0.4, 0.5) is 4.39 Å². The van der Waals surface area contributed by atoms with Gasteiger partial charge < -0.3 is 0 Å². The molecule has 1 aliphatic rings. The maximum atomic E-state index is 14.4. The van der Waals surface area contributed by atoms with Crippen LogP contribution in [0.3, 0.4) is 0 Å². The predicted octanol–water partition coefficient (Wildman–Crippen LogP) is 9.74. The van der Waals surface area contributed by atoms with Crippen molar-refractivity contribution in [2.75, 3.05) is 0 Å². The van der Waals surface area contributed by atoms with Crippen molar-refractivity contribution in [3.63, 3.8) is 0 Å². The van der Waals surface area contributed by atoms with Gasteiger partial charge in [-0.3, -0.25) is 0 Å². The van der Waals surface area contributed by atoms with Crippen LogP contribution in [0.1, 0.15) is 108 Å². The Morgan fingerprint density at radius 3 is 2.12 bits per heavy atom. The summed E-state index contributed by atoms with van der Waals surface area (Å²) in [7, 11) is 0. The standard InChI is InChI=1S/C32H43F/c1-3-5-7-8-9-10-11-26-13-15-27(16-14-26)17-18-28-19-21-29(22-20-28)31-24-23-30(12-6-4-2)32(33)25-31/h19-27H,3-16H2,1-2H3/t26-,27-. The fourth-order valence-electron chi connectivity index (χ4n) is 5.04. The average Bonchev–Trinajstić information content (AvgIpc) is 2.85. The van der Waals surface area contributed by atoms with Gasteiger partial charge in [0.1, 0.15) is 5.82 Å². The summed E-state index contributed by atoms with van der Waals surface area (Å²) in [6.45, 7) is 4.42. The van der Waals surface area contributed by atoms with Crippen LogP contribution in [0.25, 0.3) is 11.1 Å². The van der Waals surface area contributed by atoms with E-state index in [-0.39, 0.29) is 5.82 Å². The minimum atomic E-state index is -0.0862. The molecule has 0 atom stereocenters. The monoisotopic (exact) mass is 446 g/mol. The van der Waals surface area contributed by atoms with E-state index in [2.05, 4.69) is 50.0 Å². The van der Waals surface area contributed by atoms with Crippen LogP contribution in [-0.4, -0.2) is 0 Å². The Kier molecular flexibility index (Phi) is 11.0. The fraction of sp³-hybridized carbons (Fsp3) is 0.562. The zero-order chi connectivity index (χ0) is 23.3. The second kappa shape index (κ2) is 14.2. The molecule has 0 bridgehead atoms. The highest BCUT2D eigenvalue weighted by Gasteiger charge is 2.19.